The second kappa shape index (κ2) is 9.92. The number of carbonyl (C=O) groups excluding carboxylic acids is 2. The Kier molecular flexibility index (Phi) is 7.05. The first-order valence-corrected chi connectivity index (χ1v) is 10.1. The van der Waals surface area contributed by atoms with Crippen molar-refractivity contribution in [3.63, 3.8) is 0 Å². The highest BCUT2D eigenvalue weighted by atomic mass is 16.5. The van der Waals surface area contributed by atoms with Crippen molar-refractivity contribution in [1.82, 2.24) is 0 Å². The van der Waals surface area contributed by atoms with Crippen molar-refractivity contribution in [2.75, 3.05) is 6.61 Å². The molecular weight excluding hydrogens is 408 g/mol. The minimum atomic E-state index is -0.507. The quantitative estimate of drug-likeness (QED) is 0.164. The monoisotopic (exact) mass is 432 g/mol. The Morgan fingerprint density at radius 2 is 1.62 bits per heavy atom. The van der Waals surface area contributed by atoms with E-state index in [9.17, 15) is 14.4 Å². The number of rotatable bonds is 8. The first-order valence-electron chi connectivity index (χ1n) is 10.1. The van der Waals surface area contributed by atoms with Gasteiger partial charge in [0.1, 0.15) is 11.3 Å². The van der Waals surface area contributed by atoms with Crippen LogP contribution in [-0.4, -0.2) is 18.5 Å². The van der Waals surface area contributed by atoms with Crippen molar-refractivity contribution in [2.45, 2.75) is 26.7 Å². The van der Waals surface area contributed by atoms with Gasteiger partial charge in [-0.05, 0) is 62.1 Å². The second-order valence-corrected chi connectivity index (χ2v) is 7.53. The molecule has 0 unspecified atom stereocenters. The highest BCUT2D eigenvalue weighted by molar-refractivity contribution is 5.89. The van der Waals surface area contributed by atoms with E-state index in [4.69, 9.17) is 13.9 Å². The zero-order chi connectivity index (χ0) is 23.3. The van der Waals surface area contributed by atoms with Gasteiger partial charge in [0, 0.05) is 16.5 Å². The molecule has 2 aromatic carbocycles. The van der Waals surface area contributed by atoms with E-state index in [0.29, 0.717) is 53.1 Å². The van der Waals surface area contributed by atoms with Gasteiger partial charge >= 0.3 is 17.6 Å². The molecule has 6 nitrogen and oxygen atoms in total. The third kappa shape index (κ3) is 5.60. The normalized spacial score (nSPS) is 10.6. The maximum Gasteiger partial charge on any atom is 0.344 e. The van der Waals surface area contributed by atoms with Crippen molar-refractivity contribution < 1.29 is 23.5 Å². The van der Waals surface area contributed by atoms with Crippen LogP contribution in [0, 0.1) is 0 Å². The van der Waals surface area contributed by atoms with Crippen molar-refractivity contribution in [2.24, 2.45) is 0 Å². The van der Waals surface area contributed by atoms with Crippen LogP contribution in [-0.2, 0) is 20.7 Å². The van der Waals surface area contributed by atoms with E-state index in [-0.39, 0.29) is 0 Å². The molecule has 0 aliphatic heterocycles. The van der Waals surface area contributed by atoms with Gasteiger partial charge in [-0.25, -0.2) is 14.4 Å². The van der Waals surface area contributed by atoms with Crippen LogP contribution in [0.5, 0.6) is 5.75 Å². The first kappa shape index (κ1) is 22.7. The smallest absolute Gasteiger partial charge is 0.344 e. The maximum absolute atomic E-state index is 12.6. The molecule has 0 amide bonds. The van der Waals surface area contributed by atoms with Crippen LogP contribution in [0.15, 0.2) is 82.0 Å². The van der Waals surface area contributed by atoms with Crippen LogP contribution in [0.3, 0.4) is 0 Å². The zero-order valence-electron chi connectivity index (χ0n) is 18.1. The number of hydrogen-bond acceptors (Lipinski definition) is 6. The summed E-state index contributed by atoms with van der Waals surface area (Å²) in [7, 11) is 0. The van der Waals surface area contributed by atoms with Gasteiger partial charge < -0.3 is 13.9 Å². The minimum Gasteiger partial charge on any atom is -0.462 e. The lowest BCUT2D eigenvalue weighted by atomic mass is 10.0. The molecule has 0 fully saturated rings. The summed E-state index contributed by atoms with van der Waals surface area (Å²) in [6.07, 6.45) is 1.32. The second-order valence-electron chi connectivity index (χ2n) is 7.53. The topological polar surface area (TPSA) is 82.8 Å². The van der Waals surface area contributed by atoms with Crippen LogP contribution in [0.4, 0.5) is 0 Å². The Hall–Kier alpha value is -3.93. The summed E-state index contributed by atoms with van der Waals surface area (Å²) in [5, 5.41) is 0.787. The van der Waals surface area contributed by atoms with Crippen molar-refractivity contribution in [1.29, 1.82) is 0 Å². The molecule has 164 valence electrons. The molecule has 6 heteroatoms. The Morgan fingerprint density at radius 1 is 0.938 bits per heavy atom. The highest BCUT2D eigenvalue weighted by Gasteiger charge is 2.11. The number of benzene rings is 2. The van der Waals surface area contributed by atoms with Crippen molar-refractivity contribution >= 4 is 22.9 Å². The van der Waals surface area contributed by atoms with E-state index >= 15 is 0 Å². The molecule has 3 aromatic rings. The van der Waals surface area contributed by atoms with Gasteiger partial charge in [-0.1, -0.05) is 37.4 Å². The molecule has 0 bridgehead atoms. The summed E-state index contributed by atoms with van der Waals surface area (Å²) in [4.78, 5) is 35.6. The molecule has 1 aromatic heterocycles. The fraction of sp³-hybridized carbons (Fsp3) is 0.192. The zero-order valence-corrected chi connectivity index (χ0v) is 18.1. The molecule has 32 heavy (non-hydrogen) atoms. The first-order chi connectivity index (χ1) is 15.2. The van der Waals surface area contributed by atoms with Crippen molar-refractivity contribution in [3.8, 4) is 16.9 Å². The molecule has 0 atom stereocenters. The fourth-order valence-corrected chi connectivity index (χ4v) is 2.97. The van der Waals surface area contributed by atoms with Gasteiger partial charge in [0.15, 0.2) is 0 Å². The molecule has 0 saturated heterocycles. The van der Waals surface area contributed by atoms with Gasteiger partial charge in [-0.15, -0.1) is 0 Å². The van der Waals surface area contributed by atoms with E-state index < -0.39 is 17.6 Å². The highest BCUT2D eigenvalue weighted by Crippen LogP contribution is 2.24. The lowest BCUT2D eigenvalue weighted by molar-refractivity contribution is -0.139. The molecule has 1 heterocycles. The average molecular weight is 432 g/mol. The molecular formula is C26H24O6. The number of esters is 2. The number of fused-ring (bicyclic) bond motifs is 1. The summed E-state index contributed by atoms with van der Waals surface area (Å²) >= 11 is 0. The van der Waals surface area contributed by atoms with Gasteiger partial charge in [0.2, 0.25) is 0 Å². The Labute approximate surface area is 185 Å². The van der Waals surface area contributed by atoms with E-state index in [1.165, 1.54) is 0 Å². The molecule has 0 saturated carbocycles. The number of aryl methyl sites for hydroxylation is 1. The average Bonchev–Trinajstić information content (AvgIpc) is 2.76. The predicted molar refractivity (Wildman–Crippen MR) is 122 cm³/mol. The summed E-state index contributed by atoms with van der Waals surface area (Å²) in [5.41, 5.74) is 2.74. The largest absolute Gasteiger partial charge is 0.462 e. The number of carbonyl (C=O) groups is 2. The number of ether oxygens (including phenoxy) is 2. The van der Waals surface area contributed by atoms with Crippen LogP contribution in [0.2, 0.25) is 0 Å². The van der Waals surface area contributed by atoms with Crippen LogP contribution in [0.1, 0.15) is 25.8 Å². The Balaban J connectivity index is 1.73. The van der Waals surface area contributed by atoms with Gasteiger partial charge in [-0.2, -0.15) is 0 Å². The van der Waals surface area contributed by atoms with Gasteiger partial charge in [0.25, 0.3) is 0 Å². The van der Waals surface area contributed by atoms with E-state index in [2.05, 4.69) is 13.2 Å². The fourth-order valence-electron chi connectivity index (χ4n) is 2.97. The lowest BCUT2D eigenvalue weighted by Crippen LogP contribution is -2.08. The van der Waals surface area contributed by atoms with E-state index in [1.807, 2.05) is 18.2 Å². The standard InChI is InChI=1S/C26H24O6/c1-16(2)24(27)30-13-5-6-18-7-8-20-15-22(26(29)32-23(20)14-18)19-9-11-21(12-10-19)31-25(28)17(3)4/h7-12,14-15H,1,3,5-6,13H2,2,4H3. The van der Waals surface area contributed by atoms with E-state index in [1.54, 1.807) is 44.2 Å². The molecule has 0 radical (unpaired) electrons. The lowest BCUT2D eigenvalue weighted by Gasteiger charge is -2.07. The summed E-state index contributed by atoms with van der Waals surface area (Å²) in [6, 6.07) is 14.1. The minimum absolute atomic E-state index is 0.296. The number of hydrogen-bond donors (Lipinski definition) is 0. The van der Waals surface area contributed by atoms with E-state index in [0.717, 1.165) is 10.9 Å². The summed E-state index contributed by atoms with van der Waals surface area (Å²) in [6.45, 7) is 10.6. The molecule has 3 rings (SSSR count). The van der Waals surface area contributed by atoms with Crippen molar-refractivity contribution in [3.05, 3.63) is 88.8 Å². The third-order valence-electron chi connectivity index (χ3n) is 4.72. The Bertz CT molecular complexity index is 1250. The maximum atomic E-state index is 12.6. The van der Waals surface area contributed by atoms with Gasteiger partial charge in [-0.3, -0.25) is 0 Å². The molecule has 0 N–H and O–H groups in total. The van der Waals surface area contributed by atoms with Crippen LogP contribution < -0.4 is 10.4 Å². The molecule has 0 aliphatic rings. The van der Waals surface area contributed by atoms with Crippen LogP contribution in [0.25, 0.3) is 22.1 Å². The molecule has 0 aliphatic carbocycles. The summed E-state index contributed by atoms with van der Waals surface area (Å²) < 4.78 is 15.8. The SMILES string of the molecule is C=C(C)C(=O)OCCCc1ccc2cc(-c3ccc(OC(=O)C(=C)C)cc3)c(=O)oc2c1. The summed E-state index contributed by atoms with van der Waals surface area (Å²) in [5.74, 6) is -0.540. The van der Waals surface area contributed by atoms with Gasteiger partial charge in [0.05, 0.1) is 12.2 Å². The van der Waals surface area contributed by atoms with Crippen LogP contribution >= 0.6 is 0 Å². The molecule has 0 spiro atoms. The Morgan fingerprint density at radius 3 is 2.28 bits per heavy atom. The third-order valence-corrected chi connectivity index (χ3v) is 4.72. The predicted octanol–water partition coefficient (Wildman–Crippen LogP) is 4.99.